The number of hydrogen-bond acceptors (Lipinski definition) is 8. The second kappa shape index (κ2) is 8.29. The third kappa shape index (κ3) is 4.10. The van der Waals surface area contributed by atoms with Gasteiger partial charge >= 0.3 is 0 Å². The Labute approximate surface area is 176 Å². The molecule has 0 aromatic carbocycles. The Bertz CT molecular complexity index is 1110. The summed E-state index contributed by atoms with van der Waals surface area (Å²) in [6, 6.07) is 0. The molecule has 0 radical (unpaired) electrons. The quantitative estimate of drug-likeness (QED) is 0.644. The number of likely N-dealkylation sites (tertiary alicyclic amines) is 1. The molecular formula is C19H24N6O2S2. The van der Waals surface area contributed by atoms with Gasteiger partial charge in [0.25, 0.3) is 5.56 Å². The van der Waals surface area contributed by atoms with Crippen LogP contribution in [0.15, 0.2) is 4.79 Å². The van der Waals surface area contributed by atoms with Crippen LogP contribution in [0.1, 0.15) is 41.0 Å². The van der Waals surface area contributed by atoms with Gasteiger partial charge in [0.15, 0.2) is 0 Å². The molecule has 1 amide bonds. The second-order valence-electron chi connectivity index (χ2n) is 7.27. The van der Waals surface area contributed by atoms with Crippen LogP contribution < -0.4 is 10.9 Å². The van der Waals surface area contributed by atoms with Gasteiger partial charge in [-0.15, -0.1) is 21.5 Å². The van der Waals surface area contributed by atoms with Gasteiger partial charge in [-0.1, -0.05) is 18.3 Å². The summed E-state index contributed by atoms with van der Waals surface area (Å²) in [6.45, 7) is 8.41. The van der Waals surface area contributed by atoms with E-state index in [9.17, 15) is 9.59 Å². The van der Waals surface area contributed by atoms with E-state index < -0.39 is 0 Å². The Balaban J connectivity index is 1.67. The third-order valence-corrected chi connectivity index (χ3v) is 7.33. The summed E-state index contributed by atoms with van der Waals surface area (Å²) in [7, 11) is 0. The van der Waals surface area contributed by atoms with Gasteiger partial charge in [0.2, 0.25) is 11.0 Å². The molecule has 0 bridgehead atoms. The fourth-order valence-electron chi connectivity index (χ4n) is 3.54. The summed E-state index contributed by atoms with van der Waals surface area (Å²) in [5.74, 6) is 0.353. The molecule has 154 valence electrons. The van der Waals surface area contributed by atoms with E-state index in [1.54, 1.807) is 11.3 Å². The molecular weight excluding hydrogens is 408 g/mol. The van der Waals surface area contributed by atoms with Crippen molar-refractivity contribution < 1.29 is 4.79 Å². The highest BCUT2D eigenvalue weighted by Gasteiger charge is 2.21. The lowest BCUT2D eigenvalue weighted by Crippen LogP contribution is -2.33. The van der Waals surface area contributed by atoms with Crippen LogP contribution in [-0.4, -0.2) is 43.6 Å². The molecule has 10 heteroatoms. The number of nitrogens with zero attached hydrogens (tertiary/aromatic N) is 5. The summed E-state index contributed by atoms with van der Waals surface area (Å²) in [5, 5.41) is 12.7. The molecule has 0 unspecified atom stereocenters. The smallest absolute Gasteiger partial charge is 0.263 e. The van der Waals surface area contributed by atoms with Crippen LogP contribution in [0.4, 0.5) is 5.13 Å². The summed E-state index contributed by atoms with van der Waals surface area (Å²) < 4.78 is 1.52. The number of aryl methyl sites for hydroxylation is 3. The van der Waals surface area contributed by atoms with Gasteiger partial charge in [0.05, 0.1) is 11.9 Å². The highest BCUT2D eigenvalue weighted by atomic mass is 32.1. The molecule has 4 rings (SSSR count). The monoisotopic (exact) mass is 432 g/mol. The molecule has 4 heterocycles. The van der Waals surface area contributed by atoms with Crippen molar-refractivity contribution in [3.05, 3.63) is 31.6 Å². The number of anilines is 1. The number of rotatable bonds is 6. The van der Waals surface area contributed by atoms with Crippen molar-refractivity contribution >= 4 is 43.9 Å². The first-order valence-corrected chi connectivity index (χ1v) is 11.4. The van der Waals surface area contributed by atoms with Crippen molar-refractivity contribution in [3.8, 4) is 0 Å². The summed E-state index contributed by atoms with van der Waals surface area (Å²) in [4.78, 5) is 34.9. The molecule has 0 spiro atoms. The fourth-order valence-corrected chi connectivity index (χ4v) is 5.28. The van der Waals surface area contributed by atoms with Crippen LogP contribution in [-0.2, 0) is 24.3 Å². The maximum Gasteiger partial charge on any atom is 0.263 e. The van der Waals surface area contributed by atoms with E-state index in [-0.39, 0.29) is 18.0 Å². The highest BCUT2D eigenvalue weighted by molar-refractivity contribution is 7.18. The van der Waals surface area contributed by atoms with Gasteiger partial charge in [-0.25, -0.2) is 4.98 Å². The van der Waals surface area contributed by atoms with Gasteiger partial charge in [-0.05, 0) is 51.8 Å². The Morgan fingerprint density at radius 2 is 1.93 bits per heavy atom. The molecule has 3 aromatic heterocycles. The van der Waals surface area contributed by atoms with Gasteiger partial charge < -0.3 is 0 Å². The fraction of sp³-hybridized carbons (Fsp3) is 0.526. The molecule has 1 fully saturated rings. The van der Waals surface area contributed by atoms with Crippen LogP contribution >= 0.6 is 22.7 Å². The van der Waals surface area contributed by atoms with Gasteiger partial charge in [-0.3, -0.25) is 24.4 Å². The van der Waals surface area contributed by atoms with E-state index in [4.69, 9.17) is 4.98 Å². The van der Waals surface area contributed by atoms with Crippen LogP contribution in [0.5, 0.6) is 0 Å². The number of carbonyl (C=O) groups excluding carboxylic acids is 1. The van der Waals surface area contributed by atoms with Crippen molar-refractivity contribution in [3.63, 3.8) is 0 Å². The van der Waals surface area contributed by atoms with E-state index in [2.05, 4.69) is 20.4 Å². The lowest BCUT2D eigenvalue weighted by molar-refractivity contribution is -0.116. The number of thiophene rings is 1. The van der Waals surface area contributed by atoms with Gasteiger partial charge in [-0.2, -0.15) is 0 Å². The molecule has 0 saturated carbocycles. The lowest BCUT2D eigenvalue weighted by atomic mass is 10.2. The summed E-state index contributed by atoms with van der Waals surface area (Å²) in [6.07, 6.45) is 3.08. The van der Waals surface area contributed by atoms with Gasteiger partial charge in [0, 0.05) is 4.88 Å². The van der Waals surface area contributed by atoms with E-state index in [0.29, 0.717) is 22.9 Å². The minimum absolute atomic E-state index is 0.0830. The predicted octanol–water partition coefficient (Wildman–Crippen LogP) is 2.72. The molecule has 0 atom stereocenters. The van der Waals surface area contributed by atoms with Crippen molar-refractivity contribution in [1.29, 1.82) is 0 Å². The number of carbonyl (C=O) groups is 1. The maximum atomic E-state index is 13.3. The number of fused-ring (bicyclic) bond motifs is 1. The van der Waals surface area contributed by atoms with Crippen molar-refractivity contribution in [2.45, 2.75) is 53.1 Å². The average Bonchev–Trinajstić information content (AvgIpc) is 3.41. The molecule has 1 saturated heterocycles. The first-order chi connectivity index (χ1) is 14.0. The number of amides is 1. The van der Waals surface area contributed by atoms with Crippen LogP contribution in [0.3, 0.4) is 0 Å². The SMILES string of the molecule is CCc1nnc(NC(=O)Cn2c(CN3CCCC3)nc3sc(C)c(C)c3c2=O)s1. The Hall–Kier alpha value is -2.17. The lowest BCUT2D eigenvalue weighted by Gasteiger charge is -2.18. The first-order valence-electron chi connectivity index (χ1n) is 9.80. The van der Waals surface area contributed by atoms with E-state index in [1.165, 1.54) is 15.9 Å². The van der Waals surface area contributed by atoms with Gasteiger partial charge in [0.1, 0.15) is 22.2 Å². The zero-order valence-electron chi connectivity index (χ0n) is 16.8. The number of hydrogen-bond donors (Lipinski definition) is 1. The normalized spacial score (nSPS) is 14.7. The molecule has 1 aliphatic rings. The van der Waals surface area contributed by atoms with Crippen LogP contribution in [0.2, 0.25) is 0 Å². The standard InChI is InChI=1S/C19H24N6O2S2/c1-4-15-22-23-19(29-15)21-14(26)10-25-13(9-24-7-5-6-8-24)20-17-16(18(25)27)11(2)12(3)28-17/h4-10H2,1-3H3,(H,21,23,26). The molecule has 3 aromatic rings. The molecule has 0 aliphatic carbocycles. The zero-order chi connectivity index (χ0) is 20.5. The summed E-state index contributed by atoms with van der Waals surface area (Å²) in [5.41, 5.74) is 0.800. The van der Waals surface area contributed by atoms with Crippen LogP contribution in [0.25, 0.3) is 10.2 Å². The molecule has 8 nitrogen and oxygen atoms in total. The number of aromatic nitrogens is 4. The maximum absolute atomic E-state index is 13.3. The molecule has 1 aliphatic heterocycles. The Kier molecular flexibility index (Phi) is 5.75. The minimum Gasteiger partial charge on any atom is -0.299 e. The first kappa shape index (κ1) is 20.1. The predicted molar refractivity (Wildman–Crippen MR) is 116 cm³/mol. The van der Waals surface area contributed by atoms with Crippen LogP contribution in [0, 0.1) is 13.8 Å². The zero-order valence-corrected chi connectivity index (χ0v) is 18.5. The summed E-state index contributed by atoms with van der Waals surface area (Å²) >= 11 is 2.89. The minimum atomic E-state index is -0.292. The molecule has 1 N–H and O–H groups in total. The van der Waals surface area contributed by atoms with Crippen molar-refractivity contribution in [2.75, 3.05) is 18.4 Å². The Morgan fingerprint density at radius 1 is 1.17 bits per heavy atom. The van der Waals surface area contributed by atoms with E-state index in [1.807, 2.05) is 20.8 Å². The molecule has 29 heavy (non-hydrogen) atoms. The highest BCUT2D eigenvalue weighted by Crippen LogP contribution is 2.27. The average molecular weight is 433 g/mol. The van der Waals surface area contributed by atoms with Crippen molar-refractivity contribution in [1.82, 2.24) is 24.6 Å². The Morgan fingerprint density at radius 3 is 2.62 bits per heavy atom. The third-order valence-electron chi connectivity index (χ3n) is 5.25. The van der Waals surface area contributed by atoms with E-state index in [0.717, 1.165) is 52.6 Å². The largest absolute Gasteiger partial charge is 0.299 e. The topological polar surface area (TPSA) is 93.0 Å². The second-order valence-corrected chi connectivity index (χ2v) is 9.53. The van der Waals surface area contributed by atoms with E-state index >= 15 is 0 Å². The van der Waals surface area contributed by atoms with Crippen molar-refractivity contribution in [2.24, 2.45) is 0 Å². The number of nitrogens with one attached hydrogen (secondary N) is 1.